The Balaban J connectivity index is 0. The van der Waals surface area contributed by atoms with Crippen LogP contribution in [0, 0.1) is 0 Å². The maximum atomic E-state index is 5.16. The average molecular weight is 296 g/mol. The van der Waals surface area contributed by atoms with E-state index < -0.39 is 0 Å². The Hall–Kier alpha value is -0.761. The minimum absolute atomic E-state index is 0. The van der Waals surface area contributed by atoms with Gasteiger partial charge in [0.2, 0.25) is 0 Å². The number of nitrogens with zero attached hydrogens (tertiary/aromatic N) is 2. The number of hydrazone groups is 2. The number of nitrogens with one attached hydrogen (secondary N) is 3. The second kappa shape index (κ2) is 9.78. The molecule has 0 aromatic heterocycles. The summed E-state index contributed by atoms with van der Waals surface area (Å²) in [5.41, 5.74) is 10.8. The third kappa shape index (κ3) is 11.2. The average Bonchev–Trinajstić information content (AvgIpc) is 2.14. The van der Waals surface area contributed by atoms with Crippen LogP contribution in [-0.2, 0) is 17.1 Å². The number of rotatable bonds is 3. The van der Waals surface area contributed by atoms with Crippen LogP contribution < -0.4 is 21.9 Å². The summed E-state index contributed by atoms with van der Waals surface area (Å²) in [7, 11) is 1.69. The Bertz CT molecular complexity index is 277. The van der Waals surface area contributed by atoms with E-state index in [9.17, 15) is 0 Å². The van der Waals surface area contributed by atoms with Gasteiger partial charge in [-0.05, 0) is 31.4 Å². The molecule has 0 atom stereocenters. The van der Waals surface area contributed by atoms with E-state index in [1.807, 2.05) is 0 Å². The van der Waals surface area contributed by atoms with Crippen molar-refractivity contribution in [1.29, 1.82) is 0 Å². The van der Waals surface area contributed by atoms with Crippen molar-refractivity contribution in [2.45, 2.75) is 6.92 Å². The topological polar surface area (TPSA) is 86.8 Å². The Morgan fingerprint density at radius 2 is 1.93 bits per heavy atom. The van der Waals surface area contributed by atoms with E-state index >= 15 is 0 Å². The third-order valence-electron chi connectivity index (χ3n) is 0.987. The van der Waals surface area contributed by atoms with Gasteiger partial charge in [0, 0.05) is 24.1 Å². The van der Waals surface area contributed by atoms with Crippen molar-refractivity contribution < 1.29 is 17.1 Å². The number of hydrogen-bond acceptors (Lipinski definition) is 4. The molecule has 0 saturated heterocycles. The zero-order valence-electron chi connectivity index (χ0n) is 8.17. The van der Waals surface area contributed by atoms with E-state index in [4.69, 9.17) is 18.0 Å². The van der Waals surface area contributed by atoms with Gasteiger partial charge < -0.3 is 11.1 Å². The monoisotopic (exact) mass is 295 g/mol. The molecule has 6 nitrogen and oxygen atoms in total. The van der Waals surface area contributed by atoms with Gasteiger partial charge in [-0.25, -0.2) is 0 Å². The van der Waals surface area contributed by atoms with Gasteiger partial charge >= 0.3 is 0 Å². The first-order valence-electron chi connectivity index (χ1n) is 3.66. The maximum absolute atomic E-state index is 5.16. The van der Waals surface area contributed by atoms with Gasteiger partial charge in [0.1, 0.15) is 0 Å². The van der Waals surface area contributed by atoms with E-state index in [1.54, 1.807) is 14.0 Å². The largest absolute Gasteiger partial charge is 0.375 e. The third-order valence-corrected chi connectivity index (χ3v) is 1.37. The first-order chi connectivity index (χ1) is 6.56. The fourth-order valence-corrected chi connectivity index (χ4v) is 0.511. The van der Waals surface area contributed by atoms with Gasteiger partial charge in [0.25, 0.3) is 0 Å². The summed E-state index contributed by atoms with van der Waals surface area (Å²) in [5, 5.41) is 10.8. The minimum Gasteiger partial charge on any atom is -0.375 e. The standard InChI is InChI=1S/C6H12N6S2.Cu/c1-4(10-11-5(7)13)3-9-12-6(14)8-2;/h3H,1-2H3,(H3,7,11,13)(H2,8,12,14);/b9-3+,10-4+;. The van der Waals surface area contributed by atoms with Gasteiger partial charge in [-0.1, -0.05) is 0 Å². The van der Waals surface area contributed by atoms with E-state index in [-0.39, 0.29) is 22.2 Å². The van der Waals surface area contributed by atoms with Crippen LogP contribution in [0.5, 0.6) is 0 Å². The number of thiocarbonyl (C=S) groups is 2. The summed E-state index contributed by atoms with van der Waals surface area (Å²) in [5.74, 6) is 0. The summed E-state index contributed by atoms with van der Waals surface area (Å²) in [6.45, 7) is 1.73. The quantitative estimate of drug-likeness (QED) is 0.238. The molecular weight excluding hydrogens is 284 g/mol. The van der Waals surface area contributed by atoms with Crippen molar-refractivity contribution >= 4 is 46.6 Å². The Kier molecular flexibility index (Phi) is 10.9. The van der Waals surface area contributed by atoms with Crippen molar-refractivity contribution in [3.05, 3.63) is 0 Å². The first-order valence-corrected chi connectivity index (χ1v) is 4.48. The molecule has 0 fully saturated rings. The van der Waals surface area contributed by atoms with Crippen molar-refractivity contribution in [3.63, 3.8) is 0 Å². The molecule has 9 heteroatoms. The SMILES string of the molecule is CNC(=S)N/N=C/C(C)=N/NC(N)=S.[Cu]. The van der Waals surface area contributed by atoms with Crippen LogP contribution in [0.2, 0.25) is 0 Å². The molecule has 0 spiro atoms. The van der Waals surface area contributed by atoms with Gasteiger partial charge in [0.05, 0.1) is 11.9 Å². The normalized spacial score (nSPS) is 10.4. The van der Waals surface area contributed by atoms with Gasteiger partial charge in [-0.2, -0.15) is 10.2 Å². The maximum Gasteiger partial charge on any atom is 0.186 e. The molecule has 0 rings (SSSR count). The molecule has 0 unspecified atom stereocenters. The molecular formula is C6H12CuN6S2. The summed E-state index contributed by atoms with van der Waals surface area (Å²) in [6, 6.07) is 0. The number of nitrogens with two attached hydrogens (primary N) is 1. The van der Waals surface area contributed by atoms with Gasteiger partial charge in [-0.15, -0.1) is 0 Å². The second-order valence-electron chi connectivity index (χ2n) is 2.18. The molecule has 0 amide bonds. The van der Waals surface area contributed by atoms with Crippen LogP contribution in [0.4, 0.5) is 0 Å². The number of hydrogen-bond donors (Lipinski definition) is 4. The Morgan fingerprint density at radius 1 is 1.33 bits per heavy atom. The molecule has 0 bridgehead atoms. The van der Waals surface area contributed by atoms with Crippen LogP contribution in [0.25, 0.3) is 0 Å². The van der Waals surface area contributed by atoms with Crippen LogP contribution in [0.3, 0.4) is 0 Å². The Labute approximate surface area is 110 Å². The summed E-state index contributed by atoms with van der Waals surface area (Å²) >= 11 is 9.34. The molecule has 15 heavy (non-hydrogen) atoms. The van der Waals surface area contributed by atoms with Gasteiger partial charge in [0.15, 0.2) is 10.2 Å². The van der Waals surface area contributed by atoms with Crippen LogP contribution in [-0.4, -0.2) is 29.2 Å². The molecule has 0 aromatic carbocycles. The second-order valence-corrected chi connectivity index (χ2v) is 3.03. The van der Waals surface area contributed by atoms with E-state index in [2.05, 4.69) is 38.6 Å². The molecule has 0 aliphatic rings. The van der Waals surface area contributed by atoms with Crippen LogP contribution in [0.1, 0.15) is 6.92 Å². The molecule has 5 N–H and O–H groups in total. The molecule has 1 radical (unpaired) electrons. The van der Waals surface area contributed by atoms with E-state index in [0.29, 0.717) is 10.8 Å². The van der Waals surface area contributed by atoms with Crippen LogP contribution >= 0.6 is 24.4 Å². The minimum atomic E-state index is 0. The zero-order chi connectivity index (χ0) is 11.0. The smallest absolute Gasteiger partial charge is 0.186 e. The molecule has 0 aromatic rings. The molecule has 0 heterocycles. The summed E-state index contributed by atoms with van der Waals surface area (Å²) in [4.78, 5) is 0. The molecule has 0 aliphatic carbocycles. The van der Waals surface area contributed by atoms with Crippen LogP contribution in [0.15, 0.2) is 10.2 Å². The summed E-state index contributed by atoms with van der Waals surface area (Å²) < 4.78 is 0. The molecule has 0 saturated carbocycles. The van der Waals surface area contributed by atoms with Crippen molar-refractivity contribution in [2.75, 3.05) is 7.05 Å². The van der Waals surface area contributed by atoms with Gasteiger partial charge in [-0.3, -0.25) is 10.9 Å². The van der Waals surface area contributed by atoms with Crippen molar-refractivity contribution in [2.24, 2.45) is 15.9 Å². The van der Waals surface area contributed by atoms with Crippen molar-refractivity contribution in [1.82, 2.24) is 16.2 Å². The molecule has 89 valence electrons. The fourth-order valence-electron chi connectivity index (χ4n) is 0.412. The van der Waals surface area contributed by atoms with E-state index in [1.165, 1.54) is 6.21 Å². The first kappa shape index (κ1) is 16.7. The molecule has 0 aliphatic heterocycles. The predicted octanol–water partition coefficient (Wildman–Crippen LogP) is -0.727. The fraction of sp³-hybridized carbons (Fsp3) is 0.333. The van der Waals surface area contributed by atoms with Crippen molar-refractivity contribution in [3.8, 4) is 0 Å². The predicted molar refractivity (Wildman–Crippen MR) is 66.3 cm³/mol. The summed E-state index contributed by atoms with van der Waals surface area (Å²) in [6.07, 6.45) is 1.48. The van der Waals surface area contributed by atoms with E-state index in [0.717, 1.165) is 0 Å². The Morgan fingerprint density at radius 3 is 2.40 bits per heavy atom. The zero-order valence-corrected chi connectivity index (χ0v) is 10.7.